The minimum absolute atomic E-state index is 0.0230. The fourth-order valence-electron chi connectivity index (χ4n) is 2.05. The summed E-state index contributed by atoms with van der Waals surface area (Å²) in [5, 5.41) is 15.8. The summed E-state index contributed by atoms with van der Waals surface area (Å²) in [4.78, 5) is 12.3. The molecule has 3 rings (SSSR count). The Hall–Kier alpha value is -3.39. The maximum Gasteiger partial charge on any atom is 0.279 e. The Bertz CT molecular complexity index is 833. The first kappa shape index (κ1) is 13.6. The highest BCUT2D eigenvalue weighted by molar-refractivity contribution is 6.05. The van der Waals surface area contributed by atoms with Crippen molar-refractivity contribution in [1.29, 1.82) is 5.26 Å². The van der Waals surface area contributed by atoms with Crippen molar-refractivity contribution in [2.45, 2.75) is 0 Å². The average molecular weight is 289 g/mol. The molecule has 0 aliphatic carbocycles. The highest BCUT2D eigenvalue weighted by atomic mass is 16.5. The summed E-state index contributed by atoms with van der Waals surface area (Å²) in [6.07, 6.45) is 0. The number of para-hydroxylation sites is 1. The summed E-state index contributed by atoms with van der Waals surface area (Å²) in [5.74, 6) is -0.185. The van der Waals surface area contributed by atoms with Crippen LogP contribution in [0.1, 0.15) is 16.1 Å². The second-order valence-electron chi connectivity index (χ2n) is 4.53. The van der Waals surface area contributed by atoms with Crippen LogP contribution in [0.3, 0.4) is 0 Å². The highest BCUT2D eigenvalue weighted by Gasteiger charge is 2.22. The molecule has 1 heterocycles. The minimum Gasteiger partial charge on any atom is -0.354 e. The monoisotopic (exact) mass is 289 g/mol. The number of hydrogen-bond acceptors (Lipinski definition) is 4. The number of carbonyl (C=O) groups excluding carboxylic acids is 1. The van der Waals surface area contributed by atoms with Crippen molar-refractivity contribution in [2.75, 3.05) is 5.32 Å². The summed E-state index contributed by atoms with van der Waals surface area (Å²) in [6.45, 7) is 0. The summed E-state index contributed by atoms with van der Waals surface area (Å²) < 4.78 is 5.20. The maximum atomic E-state index is 12.3. The van der Waals surface area contributed by atoms with E-state index in [1.165, 1.54) is 0 Å². The lowest BCUT2D eigenvalue weighted by Crippen LogP contribution is -2.13. The maximum absolute atomic E-state index is 12.3. The van der Waals surface area contributed by atoms with Crippen LogP contribution in [-0.2, 0) is 0 Å². The van der Waals surface area contributed by atoms with E-state index in [1.54, 1.807) is 36.4 Å². The number of nitrogens with zero attached hydrogens (tertiary/aromatic N) is 2. The number of anilines is 1. The topological polar surface area (TPSA) is 78.9 Å². The molecule has 0 atom stereocenters. The van der Waals surface area contributed by atoms with Gasteiger partial charge in [0.1, 0.15) is 11.6 Å². The molecule has 1 N–H and O–H groups in total. The normalized spacial score (nSPS) is 9.95. The van der Waals surface area contributed by atoms with Crippen molar-refractivity contribution < 1.29 is 9.32 Å². The molecule has 3 aromatic rings. The molecule has 5 nitrogen and oxygen atoms in total. The molecular formula is C17H11N3O2. The zero-order valence-electron chi connectivity index (χ0n) is 11.5. The SMILES string of the molecule is N#Cc1c(C(=O)Nc2ccccc2)noc1-c1ccccc1. The van der Waals surface area contributed by atoms with E-state index in [-0.39, 0.29) is 11.3 Å². The Labute approximate surface area is 126 Å². The lowest BCUT2D eigenvalue weighted by atomic mass is 10.1. The Morgan fingerprint density at radius 1 is 1.05 bits per heavy atom. The second-order valence-corrected chi connectivity index (χ2v) is 4.53. The first-order valence-electron chi connectivity index (χ1n) is 6.61. The third kappa shape index (κ3) is 2.58. The molecule has 0 fully saturated rings. The van der Waals surface area contributed by atoms with Gasteiger partial charge in [0.05, 0.1) is 0 Å². The van der Waals surface area contributed by atoms with Gasteiger partial charge in [-0.3, -0.25) is 4.79 Å². The number of hydrogen-bond donors (Lipinski definition) is 1. The molecule has 2 aromatic carbocycles. The van der Waals surface area contributed by atoms with E-state index in [0.29, 0.717) is 17.0 Å². The van der Waals surface area contributed by atoms with Gasteiger partial charge < -0.3 is 9.84 Å². The average Bonchev–Trinajstić information content (AvgIpc) is 3.00. The van der Waals surface area contributed by atoms with Gasteiger partial charge in [-0.2, -0.15) is 5.26 Å². The molecule has 0 saturated carbocycles. The molecule has 1 amide bonds. The zero-order chi connectivity index (χ0) is 15.4. The standard InChI is InChI=1S/C17H11N3O2/c18-11-14-15(17(21)19-13-9-5-2-6-10-13)20-22-16(14)12-7-3-1-4-8-12/h1-10H,(H,19,21). The summed E-state index contributed by atoms with van der Waals surface area (Å²) in [5.41, 5.74) is 1.43. The number of nitrogens with one attached hydrogen (secondary N) is 1. The van der Waals surface area contributed by atoms with E-state index in [4.69, 9.17) is 4.52 Å². The van der Waals surface area contributed by atoms with E-state index in [9.17, 15) is 10.1 Å². The van der Waals surface area contributed by atoms with Gasteiger partial charge in [0.25, 0.3) is 5.91 Å². The molecule has 0 bridgehead atoms. The number of rotatable bonds is 3. The molecule has 106 valence electrons. The van der Waals surface area contributed by atoms with Gasteiger partial charge in [0.2, 0.25) is 0 Å². The smallest absolute Gasteiger partial charge is 0.279 e. The summed E-state index contributed by atoms with van der Waals surface area (Å²) >= 11 is 0. The van der Waals surface area contributed by atoms with Crippen molar-refractivity contribution in [2.24, 2.45) is 0 Å². The van der Waals surface area contributed by atoms with Crippen LogP contribution in [0.4, 0.5) is 5.69 Å². The van der Waals surface area contributed by atoms with Crippen LogP contribution in [-0.4, -0.2) is 11.1 Å². The van der Waals surface area contributed by atoms with E-state index < -0.39 is 5.91 Å². The molecule has 0 unspecified atom stereocenters. The molecule has 0 aliphatic rings. The highest BCUT2D eigenvalue weighted by Crippen LogP contribution is 2.26. The Kier molecular flexibility index (Phi) is 3.67. The minimum atomic E-state index is -0.478. The van der Waals surface area contributed by atoms with Crippen LogP contribution < -0.4 is 5.32 Å². The van der Waals surface area contributed by atoms with E-state index in [2.05, 4.69) is 10.5 Å². The van der Waals surface area contributed by atoms with Gasteiger partial charge in [-0.05, 0) is 12.1 Å². The fourth-order valence-corrected chi connectivity index (χ4v) is 2.05. The molecule has 0 radical (unpaired) electrons. The lowest BCUT2D eigenvalue weighted by molar-refractivity contribution is 0.101. The van der Waals surface area contributed by atoms with Crippen LogP contribution in [0.5, 0.6) is 0 Å². The number of carbonyl (C=O) groups is 1. The summed E-state index contributed by atoms with van der Waals surface area (Å²) in [7, 11) is 0. The first-order valence-corrected chi connectivity index (χ1v) is 6.61. The van der Waals surface area contributed by atoms with Crippen LogP contribution >= 0.6 is 0 Å². The van der Waals surface area contributed by atoms with E-state index in [0.717, 1.165) is 0 Å². The van der Waals surface area contributed by atoms with Crippen LogP contribution in [0, 0.1) is 11.3 Å². The van der Waals surface area contributed by atoms with Gasteiger partial charge >= 0.3 is 0 Å². The second kappa shape index (κ2) is 5.94. The molecule has 0 spiro atoms. The van der Waals surface area contributed by atoms with Crippen molar-refractivity contribution in [1.82, 2.24) is 5.16 Å². The zero-order valence-corrected chi connectivity index (χ0v) is 11.5. The van der Waals surface area contributed by atoms with E-state index in [1.807, 2.05) is 30.3 Å². The molecule has 5 heteroatoms. The van der Waals surface area contributed by atoms with Gasteiger partial charge in [0, 0.05) is 11.3 Å². The van der Waals surface area contributed by atoms with Crippen molar-refractivity contribution in [3.8, 4) is 17.4 Å². The largest absolute Gasteiger partial charge is 0.354 e. The van der Waals surface area contributed by atoms with Gasteiger partial charge in [0.15, 0.2) is 11.5 Å². The van der Waals surface area contributed by atoms with Crippen LogP contribution in [0.25, 0.3) is 11.3 Å². The predicted molar refractivity (Wildman–Crippen MR) is 81.0 cm³/mol. The first-order chi connectivity index (χ1) is 10.8. The number of aromatic nitrogens is 1. The number of benzene rings is 2. The van der Waals surface area contributed by atoms with Crippen LogP contribution in [0.2, 0.25) is 0 Å². The van der Waals surface area contributed by atoms with Crippen LogP contribution in [0.15, 0.2) is 65.2 Å². The predicted octanol–water partition coefficient (Wildman–Crippen LogP) is 3.47. The van der Waals surface area contributed by atoms with E-state index >= 15 is 0 Å². The Morgan fingerprint density at radius 2 is 1.68 bits per heavy atom. The number of amides is 1. The molecule has 22 heavy (non-hydrogen) atoms. The van der Waals surface area contributed by atoms with Gasteiger partial charge in [-0.1, -0.05) is 53.7 Å². The quantitative estimate of drug-likeness (QED) is 0.800. The van der Waals surface area contributed by atoms with Gasteiger partial charge in [-0.25, -0.2) is 0 Å². The Morgan fingerprint density at radius 3 is 2.32 bits per heavy atom. The molecule has 0 aliphatic heterocycles. The molecule has 0 saturated heterocycles. The third-order valence-electron chi connectivity index (χ3n) is 3.09. The van der Waals surface area contributed by atoms with Crippen molar-refractivity contribution in [3.63, 3.8) is 0 Å². The lowest BCUT2D eigenvalue weighted by Gasteiger charge is -2.02. The molecular weight excluding hydrogens is 278 g/mol. The fraction of sp³-hybridized carbons (Fsp3) is 0. The molecule has 1 aromatic heterocycles. The third-order valence-corrected chi connectivity index (χ3v) is 3.09. The van der Waals surface area contributed by atoms with Crippen molar-refractivity contribution in [3.05, 3.63) is 71.9 Å². The van der Waals surface area contributed by atoms with Gasteiger partial charge in [-0.15, -0.1) is 0 Å². The summed E-state index contributed by atoms with van der Waals surface area (Å²) in [6, 6.07) is 20.0. The number of nitriles is 1. The van der Waals surface area contributed by atoms with Crippen molar-refractivity contribution >= 4 is 11.6 Å². The Balaban J connectivity index is 1.94.